The molecule has 0 fully saturated rings. The van der Waals surface area contributed by atoms with E-state index in [-0.39, 0.29) is 8.41 Å². The summed E-state index contributed by atoms with van der Waals surface area (Å²) >= 11 is 0. The molecule has 0 saturated heterocycles. The Kier molecular flexibility index (Phi) is 10.1. The lowest BCUT2D eigenvalue weighted by Crippen LogP contribution is -2.41. The molecule has 0 aliphatic carbocycles. The summed E-state index contributed by atoms with van der Waals surface area (Å²) < 4.78 is 56.5. The molecular formula is C5H17BO15P5. The van der Waals surface area contributed by atoms with E-state index in [1.165, 1.54) is 0 Å². The van der Waals surface area contributed by atoms with Gasteiger partial charge >= 0.3 is 38.0 Å². The van der Waals surface area contributed by atoms with E-state index >= 15 is 0 Å². The van der Waals surface area contributed by atoms with Gasteiger partial charge in [-0.15, -0.1) is 0 Å². The Morgan fingerprint density at radius 2 is 0.731 bits per heavy atom. The lowest BCUT2D eigenvalue weighted by molar-refractivity contribution is 0.306. The van der Waals surface area contributed by atoms with Gasteiger partial charge in [0.05, 0.1) is 29.3 Å². The molecule has 0 bridgehead atoms. The van der Waals surface area contributed by atoms with Crippen LogP contribution in [0.15, 0.2) is 0 Å². The standard InChI is InChI=1S/C5H17O15P5.B/c6-21(7,8)1-3(23(12,13)14)5(25(18,19)20)4(24(15,16)17)2-22(9,10)11;/h3-5H,1-2H2,(H2,6,7,8)(H2,9,10,11)(H2,12,13,14)(H2,15,16,17)(H2,18,19,20);. The van der Waals surface area contributed by atoms with Crippen molar-refractivity contribution in [1.29, 1.82) is 0 Å². The van der Waals surface area contributed by atoms with E-state index in [0.717, 1.165) is 0 Å². The van der Waals surface area contributed by atoms with Gasteiger partial charge in [0.15, 0.2) is 0 Å². The van der Waals surface area contributed by atoms with Crippen LogP contribution in [0.4, 0.5) is 0 Å². The summed E-state index contributed by atoms with van der Waals surface area (Å²) in [5, 5.41) is 0. The first-order valence-corrected chi connectivity index (χ1v) is 14.4. The fourth-order valence-electron chi connectivity index (χ4n) is 2.02. The van der Waals surface area contributed by atoms with Crippen LogP contribution < -0.4 is 0 Å². The smallest absolute Gasteiger partial charge is 0.324 e. The Balaban J connectivity index is 0. The second kappa shape index (κ2) is 9.09. The molecule has 26 heavy (non-hydrogen) atoms. The minimum Gasteiger partial charge on any atom is -0.324 e. The van der Waals surface area contributed by atoms with Crippen molar-refractivity contribution in [1.82, 2.24) is 0 Å². The van der Waals surface area contributed by atoms with E-state index in [4.69, 9.17) is 39.1 Å². The van der Waals surface area contributed by atoms with Crippen LogP contribution in [0.5, 0.6) is 0 Å². The predicted molar refractivity (Wildman–Crippen MR) is 87.1 cm³/mol. The van der Waals surface area contributed by atoms with Gasteiger partial charge in [-0.05, 0) is 0 Å². The monoisotopic (exact) mass is 483 g/mol. The van der Waals surface area contributed by atoms with Crippen molar-refractivity contribution in [2.75, 3.05) is 12.3 Å². The minimum atomic E-state index is -5.92. The Morgan fingerprint density at radius 3 is 0.846 bits per heavy atom. The van der Waals surface area contributed by atoms with Gasteiger partial charge < -0.3 is 48.9 Å². The van der Waals surface area contributed by atoms with Crippen LogP contribution in [0.1, 0.15) is 0 Å². The van der Waals surface area contributed by atoms with Gasteiger partial charge in [0.25, 0.3) is 0 Å². The second-order valence-corrected chi connectivity index (χ2v) is 13.9. The van der Waals surface area contributed by atoms with E-state index in [1.807, 2.05) is 0 Å². The van der Waals surface area contributed by atoms with Crippen LogP contribution in [0.3, 0.4) is 0 Å². The lowest BCUT2D eigenvalue weighted by atomic mass is 10.2. The average Bonchev–Trinajstić information content (AvgIpc) is 2.18. The third kappa shape index (κ3) is 10.4. The lowest BCUT2D eigenvalue weighted by Gasteiger charge is -2.34. The fourth-order valence-corrected chi connectivity index (χ4v) is 11.3. The van der Waals surface area contributed by atoms with Crippen LogP contribution in [-0.4, -0.2) is 86.6 Å². The first-order valence-electron chi connectivity index (χ1n) is 5.80. The largest absolute Gasteiger partial charge is 0.330 e. The van der Waals surface area contributed by atoms with E-state index in [1.54, 1.807) is 0 Å². The first-order chi connectivity index (χ1) is 10.6. The van der Waals surface area contributed by atoms with Gasteiger partial charge in [0.2, 0.25) is 0 Å². The SMILES string of the molecule is O=P(O)(O)CC(C(C(CP(=O)(O)O)P(=O)(O)O)P(=O)(O)O)P(=O)(O)O.[B]. The van der Waals surface area contributed by atoms with Gasteiger partial charge in [-0.3, -0.25) is 22.8 Å². The minimum absolute atomic E-state index is 0. The molecule has 155 valence electrons. The molecule has 0 aromatic heterocycles. The summed E-state index contributed by atoms with van der Waals surface area (Å²) in [5.74, 6) is 0. The third-order valence-electron chi connectivity index (χ3n) is 2.89. The van der Waals surface area contributed by atoms with E-state index in [0.29, 0.717) is 0 Å². The molecule has 0 aromatic carbocycles. The van der Waals surface area contributed by atoms with E-state index < -0.39 is 67.3 Å². The molecule has 21 heteroatoms. The summed E-state index contributed by atoms with van der Waals surface area (Å²) in [7, 11) is -28.2. The normalized spacial score (nSPS) is 17.9. The maximum atomic E-state index is 11.6. The Hall–Kier alpha value is 0.815. The average molecular weight is 483 g/mol. The van der Waals surface area contributed by atoms with Gasteiger partial charge in [-0.25, -0.2) is 0 Å². The van der Waals surface area contributed by atoms with Gasteiger partial charge in [0.1, 0.15) is 0 Å². The van der Waals surface area contributed by atoms with E-state index in [2.05, 4.69) is 0 Å². The maximum absolute atomic E-state index is 11.6. The molecule has 15 nitrogen and oxygen atoms in total. The van der Waals surface area contributed by atoms with E-state index in [9.17, 15) is 32.6 Å². The number of hydrogen-bond donors (Lipinski definition) is 10. The maximum Gasteiger partial charge on any atom is 0.330 e. The highest BCUT2D eigenvalue weighted by Gasteiger charge is 2.57. The molecule has 0 rings (SSSR count). The quantitative estimate of drug-likeness (QED) is 0.121. The topological polar surface area (TPSA) is 288 Å². The summed E-state index contributed by atoms with van der Waals surface area (Å²) in [6, 6.07) is 0. The van der Waals surface area contributed by atoms with Crippen molar-refractivity contribution in [3.63, 3.8) is 0 Å². The fraction of sp³-hybridized carbons (Fsp3) is 1.00. The van der Waals surface area contributed by atoms with Crippen molar-refractivity contribution in [3.8, 4) is 0 Å². The van der Waals surface area contributed by atoms with Crippen LogP contribution in [0.25, 0.3) is 0 Å². The molecule has 10 N–H and O–H groups in total. The molecule has 0 saturated carbocycles. The Labute approximate surface area is 148 Å². The van der Waals surface area contributed by atoms with Crippen LogP contribution in [0, 0.1) is 0 Å². The molecule has 0 spiro atoms. The van der Waals surface area contributed by atoms with Crippen molar-refractivity contribution in [3.05, 3.63) is 0 Å². The summed E-state index contributed by atoms with van der Waals surface area (Å²) in [5.41, 5.74) is -9.08. The molecule has 0 heterocycles. The van der Waals surface area contributed by atoms with Crippen molar-refractivity contribution in [2.45, 2.75) is 17.0 Å². The first kappa shape index (κ1) is 29.0. The van der Waals surface area contributed by atoms with Crippen LogP contribution in [-0.2, 0) is 22.8 Å². The molecule has 0 amide bonds. The van der Waals surface area contributed by atoms with Crippen molar-refractivity contribution in [2.24, 2.45) is 0 Å². The van der Waals surface area contributed by atoms with Crippen molar-refractivity contribution < 1.29 is 71.8 Å². The third-order valence-corrected chi connectivity index (χ3v) is 9.91. The highest BCUT2D eigenvalue weighted by molar-refractivity contribution is 7.62. The molecule has 2 atom stereocenters. The molecule has 0 aliphatic heterocycles. The van der Waals surface area contributed by atoms with Gasteiger partial charge in [0, 0.05) is 8.41 Å². The second-order valence-electron chi connectivity index (χ2n) is 5.09. The predicted octanol–water partition coefficient (Wildman–Crippen LogP) is -2.40. The number of rotatable bonds is 9. The summed E-state index contributed by atoms with van der Waals surface area (Å²) in [4.78, 5) is 90.6. The van der Waals surface area contributed by atoms with Crippen molar-refractivity contribution >= 4 is 46.4 Å². The number of hydrogen-bond acceptors (Lipinski definition) is 5. The molecule has 0 aliphatic rings. The zero-order chi connectivity index (χ0) is 20.6. The molecular weight excluding hydrogens is 466 g/mol. The Bertz CT molecular complexity index is 654. The summed E-state index contributed by atoms with van der Waals surface area (Å²) in [6.07, 6.45) is -3.77. The highest BCUT2D eigenvalue weighted by atomic mass is 31.2. The summed E-state index contributed by atoms with van der Waals surface area (Å²) in [6.45, 7) is 0. The Morgan fingerprint density at radius 1 is 0.500 bits per heavy atom. The zero-order valence-corrected chi connectivity index (χ0v) is 16.9. The molecule has 3 radical (unpaired) electrons. The highest BCUT2D eigenvalue weighted by Crippen LogP contribution is 2.65. The molecule has 2 unspecified atom stereocenters. The van der Waals surface area contributed by atoms with Gasteiger partial charge in [-0.1, -0.05) is 0 Å². The van der Waals surface area contributed by atoms with Crippen LogP contribution in [0.2, 0.25) is 0 Å². The van der Waals surface area contributed by atoms with Gasteiger partial charge in [-0.2, -0.15) is 0 Å². The molecule has 0 aromatic rings. The zero-order valence-electron chi connectivity index (χ0n) is 12.5. The van der Waals surface area contributed by atoms with Crippen LogP contribution >= 0.6 is 38.0 Å².